The number of benzene rings is 1. The summed E-state index contributed by atoms with van der Waals surface area (Å²) < 4.78 is 18.3. The van der Waals surface area contributed by atoms with Crippen LogP contribution < -0.4 is 5.32 Å². The highest BCUT2D eigenvalue weighted by atomic mass is 19.1. The van der Waals surface area contributed by atoms with Crippen molar-refractivity contribution in [1.29, 1.82) is 0 Å². The molecule has 3 nitrogen and oxygen atoms in total. The van der Waals surface area contributed by atoms with Crippen LogP contribution in [0.25, 0.3) is 0 Å². The SMILES string of the molecule is CC(C)(C)OC(=O)NC(c1ccc(F)cc1)C(C)(C)C. The van der Waals surface area contributed by atoms with Gasteiger partial charge in [0.25, 0.3) is 0 Å². The van der Waals surface area contributed by atoms with E-state index in [4.69, 9.17) is 4.74 Å². The Bertz CT molecular complexity index is 455. The van der Waals surface area contributed by atoms with Crippen LogP contribution in [0.15, 0.2) is 24.3 Å². The van der Waals surface area contributed by atoms with Crippen LogP contribution in [0.3, 0.4) is 0 Å². The molecule has 112 valence electrons. The molecule has 0 saturated carbocycles. The van der Waals surface area contributed by atoms with Crippen LogP contribution in [0.2, 0.25) is 0 Å². The maximum Gasteiger partial charge on any atom is 0.408 e. The van der Waals surface area contributed by atoms with Crippen molar-refractivity contribution in [3.8, 4) is 0 Å². The second-order valence-electron chi connectivity index (χ2n) is 7.00. The van der Waals surface area contributed by atoms with Gasteiger partial charge in [-0.05, 0) is 43.9 Å². The molecule has 0 aromatic heterocycles. The van der Waals surface area contributed by atoms with Crippen molar-refractivity contribution in [2.24, 2.45) is 5.41 Å². The first-order valence-corrected chi connectivity index (χ1v) is 6.74. The zero-order valence-corrected chi connectivity index (χ0v) is 13.1. The van der Waals surface area contributed by atoms with E-state index < -0.39 is 11.7 Å². The average molecular weight is 281 g/mol. The normalized spacial score (nSPS) is 13.8. The number of rotatable bonds is 2. The molecule has 1 amide bonds. The number of nitrogens with one attached hydrogen (secondary N) is 1. The van der Waals surface area contributed by atoms with Crippen molar-refractivity contribution < 1.29 is 13.9 Å². The number of hydrogen-bond donors (Lipinski definition) is 1. The zero-order chi connectivity index (χ0) is 15.6. The van der Waals surface area contributed by atoms with E-state index in [1.807, 2.05) is 41.5 Å². The molecule has 1 unspecified atom stereocenters. The van der Waals surface area contributed by atoms with Gasteiger partial charge in [-0.3, -0.25) is 0 Å². The molecule has 0 spiro atoms. The highest BCUT2D eigenvalue weighted by Gasteiger charge is 2.29. The lowest BCUT2D eigenvalue weighted by atomic mass is 9.82. The Balaban J connectivity index is 2.92. The fourth-order valence-corrected chi connectivity index (χ4v) is 1.88. The summed E-state index contributed by atoms with van der Waals surface area (Å²) in [5, 5.41) is 2.87. The predicted octanol–water partition coefficient (Wildman–Crippen LogP) is 4.44. The summed E-state index contributed by atoms with van der Waals surface area (Å²) in [6, 6.07) is 5.90. The number of carbonyl (C=O) groups excluding carboxylic acids is 1. The molecule has 0 aliphatic carbocycles. The van der Waals surface area contributed by atoms with Gasteiger partial charge in [-0.25, -0.2) is 9.18 Å². The molecule has 1 rings (SSSR count). The van der Waals surface area contributed by atoms with Crippen LogP contribution in [0.1, 0.15) is 53.1 Å². The predicted molar refractivity (Wildman–Crippen MR) is 78.0 cm³/mol. The lowest BCUT2D eigenvalue weighted by Gasteiger charge is -2.32. The monoisotopic (exact) mass is 281 g/mol. The van der Waals surface area contributed by atoms with E-state index in [0.717, 1.165) is 5.56 Å². The Morgan fingerprint density at radius 1 is 1.10 bits per heavy atom. The summed E-state index contributed by atoms with van der Waals surface area (Å²) in [7, 11) is 0. The minimum absolute atomic E-state index is 0.214. The van der Waals surface area contributed by atoms with E-state index in [-0.39, 0.29) is 17.3 Å². The summed E-state index contributed by atoms with van der Waals surface area (Å²) >= 11 is 0. The van der Waals surface area contributed by atoms with Gasteiger partial charge in [-0.1, -0.05) is 32.9 Å². The van der Waals surface area contributed by atoms with Gasteiger partial charge in [-0.15, -0.1) is 0 Å². The summed E-state index contributed by atoms with van der Waals surface area (Å²) in [6.07, 6.45) is -0.471. The lowest BCUT2D eigenvalue weighted by Crippen LogP contribution is -2.40. The highest BCUT2D eigenvalue weighted by Crippen LogP contribution is 2.33. The highest BCUT2D eigenvalue weighted by molar-refractivity contribution is 5.68. The summed E-state index contributed by atoms with van der Waals surface area (Å²) in [4.78, 5) is 11.9. The molecule has 0 aliphatic heterocycles. The van der Waals surface area contributed by atoms with E-state index in [1.54, 1.807) is 12.1 Å². The molecule has 0 heterocycles. The largest absolute Gasteiger partial charge is 0.444 e. The molecule has 20 heavy (non-hydrogen) atoms. The summed E-state index contributed by atoms with van der Waals surface area (Å²) in [5.74, 6) is -0.293. The molecule has 4 heteroatoms. The minimum Gasteiger partial charge on any atom is -0.444 e. The molecule has 0 bridgehead atoms. The van der Waals surface area contributed by atoms with Crippen molar-refractivity contribution >= 4 is 6.09 Å². The first kappa shape index (κ1) is 16.5. The van der Waals surface area contributed by atoms with Gasteiger partial charge >= 0.3 is 6.09 Å². The molecule has 0 radical (unpaired) electrons. The number of halogens is 1. The fraction of sp³-hybridized carbons (Fsp3) is 0.562. The maximum absolute atomic E-state index is 13.0. The van der Waals surface area contributed by atoms with Crippen molar-refractivity contribution in [1.82, 2.24) is 5.32 Å². The minimum atomic E-state index is -0.546. The van der Waals surface area contributed by atoms with Crippen molar-refractivity contribution in [2.45, 2.75) is 53.2 Å². The standard InChI is InChI=1S/C16H24FNO2/c1-15(2,3)13(11-7-9-12(17)10-8-11)18-14(19)20-16(4,5)6/h7-10,13H,1-6H3,(H,18,19). The fourth-order valence-electron chi connectivity index (χ4n) is 1.88. The van der Waals surface area contributed by atoms with E-state index in [1.165, 1.54) is 12.1 Å². The van der Waals surface area contributed by atoms with Gasteiger partial charge in [-0.2, -0.15) is 0 Å². The number of amides is 1. The van der Waals surface area contributed by atoms with Crippen LogP contribution in [-0.4, -0.2) is 11.7 Å². The van der Waals surface area contributed by atoms with Crippen molar-refractivity contribution in [3.63, 3.8) is 0 Å². The Morgan fingerprint density at radius 2 is 1.60 bits per heavy atom. The van der Waals surface area contributed by atoms with Crippen LogP contribution in [0, 0.1) is 11.2 Å². The number of hydrogen-bond acceptors (Lipinski definition) is 2. The molecule has 1 aromatic rings. The topological polar surface area (TPSA) is 38.3 Å². The second-order valence-corrected chi connectivity index (χ2v) is 7.00. The van der Waals surface area contributed by atoms with Crippen molar-refractivity contribution in [2.75, 3.05) is 0 Å². The van der Waals surface area contributed by atoms with Crippen molar-refractivity contribution in [3.05, 3.63) is 35.6 Å². The Hall–Kier alpha value is -1.58. The van der Waals surface area contributed by atoms with Gasteiger partial charge in [0, 0.05) is 0 Å². The average Bonchev–Trinajstić information content (AvgIpc) is 2.23. The summed E-state index contributed by atoms with van der Waals surface area (Å²) in [5.41, 5.74) is 0.0918. The number of alkyl carbamates (subject to hydrolysis) is 1. The third-order valence-electron chi connectivity index (χ3n) is 2.73. The number of carbonyl (C=O) groups is 1. The molecular weight excluding hydrogens is 257 g/mol. The quantitative estimate of drug-likeness (QED) is 0.870. The lowest BCUT2D eigenvalue weighted by molar-refractivity contribution is 0.0462. The van der Waals surface area contributed by atoms with Gasteiger partial charge in [0.05, 0.1) is 6.04 Å². The first-order valence-electron chi connectivity index (χ1n) is 6.74. The van der Waals surface area contributed by atoms with E-state index in [0.29, 0.717) is 0 Å². The smallest absolute Gasteiger partial charge is 0.408 e. The van der Waals surface area contributed by atoms with Crippen LogP contribution in [0.4, 0.5) is 9.18 Å². The van der Waals surface area contributed by atoms with Gasteiger partial charge in [0.1, 0.15) is 11.4 Å². The van der Waals surface area contributed by atoms with E-state index in [2.05, 4.69) is 5.32 Å². The first-order chi connectivity index (χ1) is 8.99. The maximum atomic E-state index is 13.0. The van der Waals surface area contributed by atoms with E-state index >= 15 is 0 Å². The Kier molecular flexibility index (Phi) is 4.79. The van der Waals surface area contributed by atoms with Gasteiger partial charge in [0.2, 0.25) is 0 Å². The zero-order valence-electron chi connectivity index (χ0n) is 13.1. The third kappa shape index (κ3) is 5.19. The second kappa shape index (κ2) is 5.81. The molecule has 0 aliphatic rings. The van der Waals surface area contributed by atoms with Crippen LogP contribution in [-0.2, 0) is 4.74 Å². The molecule has 0 fully saturated rings. The molecule has 0 saturated heterocycles. The van der Waals surface area contributed by atoms with Crippen LogP contribution >= 0.6 is 0 Å². The molecular formula is C16H24FNO2. The van der Waals surface area contributed by atoms with Gasteiger partial charge in [0.15, 0.2) is 0 Å². The molecule has 1 atom stereocenters. The molecule has 1 N–H and O–H groups in total. The Morgan fingerprint density at radius 3 is 2.00 bits per heavy atom. The van der Waals surface area contributed by atoms with E-state index in [9.17, 15) is 9.18 Å². The number of ether oxygens (including phenoxy) is 1. The molecule has 1 aromatic carbocycles. The summed E-state index contributed by atoms with van der Waals surface area (Å²) in [6.45, 7) is 11.5. The third-order valence-corrected chi connectivity index (χ3v) is 2.73. The Labute approximate surface area is 120 Å². The van der Waals surface area contributed by atoms with Gasteiger partial charge < -0.3 is 10.1 Å². The van der Waals surface area contributed by atoms with Crippen LogP contribution in [0.5, 0.6) is 0 Å².